The van der Waals surface area contributed by atoms with Gasteiger partial charge in [0.05, 0.1) is 49.8 Å². The average molecular weight is 893 g/mol. The van der Waals surface area contributed by atoms with Gasteiger partial charge < -0.3 is 43.6 Å². The van der Waals surface area contributed by atoms with Gasteiger partial charge in [-0.05, 0) is 125 Å². The third kappa shape index (κ3) is 11.0. The van der Waals surface area contributed by atoms with Crippen molar-refractivity contribution in [1.82, 2.24) is 4.90 Å². The molecule has 1 aliphatic heterocycles. The van der Waals surface area contributed by atoms with E-state index in [2.05, 4.69) is 24.0 Å². The Morgan fingerprint density at radius 2 is 1.72 bits per heavy atom. The predicted octanol–water partition coefficient (Wildman–Crippen LogP) is 9.17. The molecule has 2 aliphatic carbocycles. The molecule has 0 aromatic heterocycles. The second-order valence-corrected chi connectivity index (χ2v) is 17.7. The number of nitriles is 1. The molecular formula is C51H64N4O10. The van der Waals surface area contributed by atoms with Crippen molar-refractivity contribution < 1.29 is 48.3 Å². The normalized spacial score (nSPS) is 22.5. The number of allylic oxidation sites excluding steroid dienone is 1. The number of nitrogens with one attached hydrogen (secondary N) is 1. The number of methoxy groups -OCH3 is 2. The molecule has 0 unspecified atom stereocenters. The van der Waals surface area contributed by atoms with E-state index >= 15 is 0 Å². The van der Waals surface area contributed by atoms with Crippen LogP contribution in [0.25, 0.3) is 0 Å². The summed E-state index contributed by atoms with van der Waals surface area (Å²) in [7, 11) is 3.05. The number of aliphatic hydroxyl groups is 2. The van der Waals surface area contributed by atoms with E-state index in [1.807, 2.05) is 38.7 Å². The zero-order valence-electron chi connectivity index (χ0n) is 38.5. The van der Waals surface area contributed by atoms with Crippen LogP contribution in [0.1, 0.15) is 106 Å². The van der Waals surface area contributed by atoms with Crippen LogP contribution in [-0.4, -0.2) is 90.8 Å². The summed E-state index contributed by atoms with van der Waals surface area (Å²) in [6.45, 7) is 12.4. The average Bonchev–Trinajstić information content (AvgIpc) is 3.30. The number of oxime groups is 1. The first-order valence-electron chi connectivity index (χ1n) is 22.6. The fourth-order valence-electron chi connectivity index (χ4n) is 9.54. The number of carbonyl (C=O) groups excluding carboxylic acids is 2. The number of hydrogen-bond acceptors (Lipinski definition) is 12. The maximum atomic E-state index is 14.9. The van der Waals surface area contributed by atoms with Crippen LogP contribution >= 0.6 is 0 Å². The van der Waals surface area contributed by atoms with Crippen molar-refractivity contribution >= 4 is 23.4 Å². The lowest BCUT2D eigenvalue weighted by atomic mass is 9.55. The molecule has 3 aliphatic rings. The largest absolute Gasteiger partial charge is 0.497 e. The van der Waals surface area contributed by atoms with E-state index in [0.29, 0.717) is 65.6 Å². The van der Waals surface area contributed by atoms with E-state index in [0.717, 1.165) is 36.8 Å². The summed E-state index contributed by atoms with van der Waals surface area (Å²) >= 11 is 0. The summed E-state index contributed by atoms with van der Waals surface area (Å²) in [6.07, 6.45) is 8.32. The third-order valence-electron chi connectivity index (χ3n) is 12.3. The van der Waals surface area contributed by atoms with E-state index in [4.69, 9.17) is 33.7 Å². The predicted molar refractivity (Wildman–Crippen MR) is 247 cm³/mol. The van der Waals surface area contributed by atoms with E-state index in [9.17, 15) is 25.1 Å². The topological polar surface area (TPSA) is 181 Å². The Morgan fingerprint density at radius 1 is 1.00 bits per heavy atom. The Bertz CT molecular complexity index is 2250. The molecule has 348 valence electrons. The van der Waals surface area contributed by atoms with Crippen LogP contribution in [0.5, 0.6) is 23.0 Å². The van der Waals surface area contributed by atoms with E-state index in [1.165, 1.54) is 7.11 Å². The molecule has 14 nitrogen and oxygen atoms in total. The number of amides is 2. The fraction of sp³-hybridized carbons (Fsp3) is 0.490. The third-order valence-corrected chi connectivity index (χ3v) is 12.3. The Labute approximate surface area is 382 Å². The van der Waals surface area contributed by atoms with E-state index in [1.54, 1.807) is 67.8 Å². The highest BCUT2D eigenvalue weighted by Crippen LogP contribution is 2.62. The molecule has 3 N–H and O–H groups in total. The van der Waals surface area contributed by atoms with Crippen LogP contribution in [0.15, 0.2) is 90.1 Å². The Balaban J connectivity index is 1.56. The molecule has 65 heavy (non-hydrogen) atoms. The van der Waals surface area contributed by atoms with Crippen molar-refractivity contribution in [3.63, 3.8) is 0 Å². The molecule has 6 rings (SSSR count). The first kappa shape index (κ1) is 48.6. The van der Waals surface area contributed by atoms with Crippen LogP contribution < -0.4 is 24.3 Å². The van der Waals surface area contributed by atoms with Crippen molar-refractivity contribution in [3.8, 4) is 29.1 Å². The van der Waals surface area contributed by atoms with Gasteiger partial charge in [-0.25, -0.2) is 4.79 Å². The van der Waals surface area contributed by atoms with Gasteiger partial charge in [-0.15, -0.1) is 6.58 Å². The monoisotopic (exact) mass is 892 g/mol. The first-order chi connectivity index (χ1) is 31.3. The van der Waals surface area contributed by atoms with Crippen molar-refractivity contribution in [2.24, 2.45) is 22.9 Å². The number of hydrogen-bond donors (Lipinski definition) is 3. The molecular weight excluding hydrogens is 829 g/mol. The van der Waals surface area contributed by atoms with Gasteiger partial charge in [0, 0.05) is 49.3 Å². The molecule has 6 atom stereocenters. The number of unbranched alkanes of at least 4 members (excludes halogenated alkanes) is 2. The summed E-state index contributed by atoms with van der Waals surface area (Å²) in [5.74, 6) is -0.940. The van der Waals surface area contributed by atoms with Gasteiger partial charge in [-0.1, -0.05) is 37.1 Å². The summed E-state index contributed by atoms with van der Waals surface area (Å²) < 4.78 is 31.2. The molecule has 0 saturated heterocycles. The van der Waals surface area contributed by atoms with Gasteiger partial charge in [0.25, 0.3) is 5.91 Å². The maximum absolute atomic E-state index is 14.9. The number of anilines is 1. The smallest absolute Gasteiger partial charge is 0.417 e. The highest BCUT2D eigenvalue weighted by Gasteiger charge is 2.65. The Hall–Kier alpha value is -5.88. The minimum atomic E-state index is -1.48. The van der Waals surface area contributed by atoms with Gasteiger partial charge in [-0.3, -0.25) is 10.1 Å². The van der Waals surface area contributed by atoms with E-state index < -0.39 is 29.4 Å². The fourth-order valence-corrected chi connectivity index (χ4v) is 9.54. The second-order valence-electron chi connectivity index (χ2n) is 17.7. The summed E-state index contributed by atoms with van der Waals surface area (Å²) in [6, 6.07) is 18.4. The van der Waals surface area contributed by atoms with Crippen LogP contribution in [0.4, 0.5) is 10.5 Å². The summed E-state index contributed by atoms with van der Waals surface area (Å²) in [5, 5.41) is 37.2. The van der Waals surface area contributed by atoms with Crippen LogP contribution in [0, 0.1) is 29.1 Å². The van der Waals surface area contributed by atoms with Crippen molar-refractivity contribution in [2.45, 2.75) is 102 Å². The standard InChI is InChI=1S/C51H64N4O10/c1-8-24-55(48(58)34-18-16-33(32-52)17-19-34)45-31-42(54-65-50(3,4)5)39-28-35(14-10-12-25-56)38(15-11-13-26-57)46-40-29-37(21-23-43(40)64-51(45,47(39)46)62-27-9-2)63-49(59)53-41-22-20-36(60-6)30-44(41)61-7/h9,16-23,28-30,35,38,45-47,56-57H,2,8,10-15,24-27,31H2,1,3-7H3,(H,53,59)/t35-,38+,45-,46+,47+,51+/m0/s1. The van der Waals surface area contributed by atoms with Crippen LogP contribution in [0.3, 0.4) is 0 Å². The molecule has 0 radical (unpaired) electrons. The SMILES string of the molecule is C=CCO[C@@]12Oc3ccc(OC(=O)Nc4ccc(OC)cc4OC)cc3[C@H]3[C@H](CCCCO)[C@@H](CCCCO)C=C(C(=NOC(C)(C)C)C[C@@H]1N(CCC)C(=O)c1ccc(C#N)cc1)[C@H]32. The van der Waals surface area contributed by atoms with Gasteiger partial charge >= 0.3 is 6.09 Å². The first-order valence-corrected chi connectivity index (χ1v) is 22.6. The van der Waals surface area contributed by atoms with Gasteiger partial charge in [0.1, 0.15) is 34.6 Å². The number of carbonyl (C=O) groups is 2. The van der Waals surface area contributed by atoms with E-state index in [-0.39, 0.29) is 55.7 Å². The maximum Gasteiger partial charge on any atom is 0.417 e. The summed E-state index contributed by atoms with van der Waals surface area (Å²) in [4.78, 5) is 36.6. The highest BCUT2D eigenvalue weighted by atomic mass is 16.7. The molecule has 3 aromatic rings. The van der Waals surface area contributed by atoms with Gasteiger partial charge in [0.2, 0.25) is 5.79 Å². The van der Waals surface area contributed by atoms with Crippen LogP contribution in [-0.2, 0) is 9.57 Å². The van der Waals surface area contributed by atoms with Crippen molar-refractivity contribution in [1.29, 1.82) is 5.26 Å². The van der Waals surface area contributed by atoms with Gasteiger partial charge in [-0.2, -0.15) is 5.26 Å². The molecule has 1 fully saturated rings. The molecule has 1 saturated carbocycles. The lowest BCUT2D eigenvalue weighted by Gasteiger charge is -2.60. The lowest BCUT2D eigenvalue weighted by Crippen LogP contribution is -2.70. The highest BCUT2D eigenvalue weighted by molar-refractivity contribution is 6.03. The zero-order chi connectivity index (χ0) is 46.7. The molecule has 0 bridgehead atoms. The molecule has 1 heterocycles. The zero-order valence-corrected chi connectivity index (χ0v) is 38.5. The molecule has 3 aromatic carbocycles. The number of ether oxygens (including phenoxy) is 5. The quantitative estimate of drug-likeness (QED) is 0.0559. The van der Waals surface area contributed by atoms with Crippen LogP contribution in [0.2, 0.25) is 0 Å². The Morgan fingerprint density at radius 3 is 2.37 bits per heavy atom. The molecule has 0 spiro atoms. The second kappa shape index (κ2) is 21.9. The van der Waals surface area contributed by atoms with Gasteiger partial charge in [0.15, 0.2) is 0 Å². The molecule has 14 heteroatoms. The Kier molecular flexibility index (Phi) is 16.3. The van der Waals surface area contributed by atoms with Crippen molar-refractivity contribution in [3.05, 3.63) is 102 Å². The number of benzene rings is 3. The minimum Gasteiger partial charge on any atom is -0.497 e. The van der Waals surface area contributed by atoms with Crippen molar-refractivity contribution in [2.75, 3.05) is 45.9 Å². The summed E-state index contributed by atoms with van der Waals surface area (Å²) in [5.41, 5.74) is 2.95. The lowest BCUT2D eigenvalue weighted by molar-refractivity contribution is -0.254. The minimum absolute atomic E-state index is 0.00151. The number of fused-ring (bicyclic) bond motifs is 2. The number of rotatable bonds is 20. The molecule has 2 amide bonds. The number of nitrogens with zero attached hydrogens (tertiary/aromatic N) is 3. The number of aliphatic hydroxyl groups excluding tert-OH is 2.